The van der Waals surface area contributed by atoms with Crippen molar-refractivity contribution in [3.8, 4) is 0 Å². The van der Waals surface area contributed by atoms with Gasteiger partial charge in [-0.05, 0) is 0 Å². The van der Waals surface area contributed by atoms with Crippen LogP contribution in [0.5, 0.6) is 0 Å². The maximum absolute atomic E-state index is 12.0. The molecule has 0 saturated carbocycles. The lowest BCUT2D eigenvalue weighted by atomic mass is 9.94. The standard InChI is InChI=1S/C22H38N2O16/c1-6(28)23-11-14(31)18(9(4-26)36-20(11)35)39-21-12(24-7(2)29)15(32)19(10(5-27)38-21)40-22-17(34)16(33)13(30)8(3-25)37-22/h8-22,25-27,30-35H,3-5H2,1-2H3,(H,23,28)(H,24,29)/t8?,9?,10?,11?,12?,13-,14-,15-,16+,17?,18-,19-,20?,21+,22+/m1/s1. The lowest BCUT2D eigenvalue weighted by Crippen LogP contribution is -2.70. The van der Waals surface area contributed by atoms with Crippen molar-refractivity contribution in [3.63, 3.8) is 0 Å². The summed E-state index contributed by atoms with van der Waals surface area (Å²) < 4.78 is 27.7. The van der Waals surface area contributed by atoms with Gasteiger partial charge in [0, 0.05) is 13.8 Å². The molecule has 0 aromatic heterocycles. The van der Waals surface area contributed by atoms with Crippen molar-refractivity contribution >= 4 is 11.8 Å². The van der Waals surface area contributed by atoms with Crippen LogP contribution in [0.25, 0.3) is 0 Å². The van der Waals surface area contributed by atoms with E-state index < -0.39 is 124 Å². The summed E-state index contributed by atoms with van der Waals surface area (Å²) in [6.45, 7) is -0.117. The molecule has 3 rings (SSSR count). The predicted octanol–water partition coefficient (Wildman–Crippen LogP) is -7.29. The molecule has 0 spiro atoms. The van der Waals surface area contributed by atoms with Crippen LogP contribution >= 0.6 is 0 Å². The van der Waals surface area contributed by atoms with E-state index in [-0.39, 0.29) is 0 Å². The van der Waals surface area contributed by atoms with Gasteiger partial charge in [-0.15, -0.1) is 0 Å². The molecule has 18 heteroatoms. The van der Waals surface area contributed by atoms with Crippen molar-refractivity contribution < 1.29 is 79.2 Å². The van der Waals surface area contributed by atoms with Gasteiger partial charge in [0.1, 0.15) is 73.1 Å². The number of rotatable bonds is 9. The Balaban J connectivity index is 1.85. The van der Waals surface area contributed by atoms with Gasteiger partial charge in [0.2, 0.25) is 11.8 Å². The molecule has 3 aliphatic heterocycles. The molecule has 0 aliphatic carbocycles. The van der Waals surface area contributed by atoms with Crippen molar-refractivity contribution in [3.05, 3.63) is 0 Å². The van der Waals surface area contributed by atoms with Gasteiger partial charge in [0.05, 0.1) is 19.8 Å². The molecule has 0 radical (unpaired) electrons. The van der Waals surface area contributed by atoms with Crippen LogP contribution in [-0.4, -0.2) is 170 Å². The Morgan fingerprint density at radius 2 is 1.05 bits per heavy atom. The summed E-state index contributed by atoms with van der Waals surface area (Å²) in [5.74, 6) is -1.30. The summed E-state index contributed by atoms with van der Waals surface area (Å²) in [7, 11) is 0. The van der Waals surface area contributed by atoms with Crippen LogP contribution in [0.1, 0.15) is 13.8 Å². The van der Waals surface area contributed by atoms with Crippen LogP contribution in [0.3, 0.4) is 0 Å². The van der Waals surface area contributed by atoms with Crippen molar-refractivity contribution in [1.29, 1.82) is 0 Å². The van der Waals surface area contributed by atoms with Crippen LogP contribution in [-0.2, 0) is 33.3 Å². The maximum atomic E-state index is 12.0. The van der Waals surface area contributed by atoms with Crippen molar-refractivity contribution in [2.45, 2.75) is 106 Å². The summed E-state index contributed by atoms with van der Waals surface area (Å²) in [6.07, 6.45) is -21.1. The maximum Gasteiger partial charge on any atom is 0.217 e. The first-order valence-corrected chi connectivity index (χ1v) is 12.6. The van der Waals surface area contributed by atoms with E-state index in [0.717, 1.165) is 13.8 Å². The largest absolute Gasteiger partial charge is 0.394 e. The first-order chi connectivity index (χ1) is 18.8. The summed E-state index contributed by atoms with van der Waals surface area (Å²) in [4.78, 5) is 23.5. The quantitative estimate of drug-likeness (QED) is 0.120. The van der Waals surface area contributed by atoms with E-state index in [1.54, 1.807) is 0 Å². The second-order valence-corrected chi connectivity index (χ2v) is 9.81. The van der Waals surface area contributed by atoms with Crippen LogP contribution in [0, 0.1) is 0 Å². The third-order valence-electron chi connectivity index (χ3n) is 6.90. The number of aliphatic hydroxyl groups excluding tert-OH is 9. The highest BCUT2D eigenvalue weighted by Crippen LogP contribution is 2.32. The Morgan fingerprint density at radius 1 is 0.600 bits per heavy atom. The van der Waals surface area contributed by atoms with E-state index in [1.165, 1.54) is 0 Å². The summed E-state index contributed by atoms with van der Waals surface area (Å²) >= 11 is 0. The molecule has 7 unspecified atom stereocenters. The molecule has 40 heavy (non-hydrogen) atoms. The monoisotopic (exact) mass is 586 g/mol. The topological polar surface area (TPSA) is 286 Å². The fraction of sp³-hybridized carbons (Fsp3) is 0.909. The third kappa shape index (κ3) is 7.05. The zero-order valence-corrected chi connectivity index (χ0v) is 21.7. The highest BCUT2D eigenvalue weighted by Gasteiger charge is 2.54. The van der Waals surface area contributed by atoms with Gasteiger partial charge in [-0.2, -0.15) is 0 Å². The van der Waals surface area contributed by atoms with E-state index in [0.29, 0.717) is 0 Å². The van der Waals surface area contributed by atoms with E-state index in [9.17, 15) is 55.5 Å². The molecule has 11 N–H and O–H groups in total. The number of hydrogen-bond acceptors (Lipinski definition) is 16. The van der Waals surface area contributed by atoms with Crippen LogP contribution in [0.15, 0.2) is 0 Å². The summed E-state index contributed by atoms with van der Waals surface area (Å²) in [5, 5.41) is 96.5. The number of hydrogen-bond donors (Lipinski definition) is 11. The van der Waals surface area contributed by atoms with Gasteiger partial charge in [-0.3, -0.25) is 9.59 Å². The van der Waals surface area contributed by atoms with E-state index in [4.69, 9.17) is 23.7 Å². The van der Waals surface area contributed by atoms with Gasteiger partial charge >= 0.3 is 0 Å². The Hall–Kier alpha value is -1.62. The molecule has 0 aromatic rings. The van der Waals surface area contributed by atoms with Crippen LogP contribution in [0.4, 0.5) is 0 Å². The van der Waals surface area contributed by atoms with Crippen LogP contribution < -0.4 is 10.6 Å². The SMILES string of the molecule is CC(=O)NC1C(O)OC(CO)[C@@H](O[C@@H]2OC(CO)[C@@H](O[C@@H]3OC(CO)[C@@H](O)[C@H](O)C3O)[C@H](O)C2NC(C)=O)[C@@H]1O. The van der Waals surface area contributed by atoms with Crippen molar-refractivity contribution in [1.82, 2.24) is 10.6 Å². The second kappa shape index (κ2) is 14.0. The molecular weight excluding hydrogens is 548 g/mol. The normalized spacial score (nSPS) is 46.0. The molecule has 15 atom stereocenters. The fourth-order valence-corrected chi connectivity index (χ4v) is 4.87. The molecule has 232 valence electrons. The minimum atomic E-state index is -1.85. The molecule has 3 fully saturated rings. The minimum Gasteiger partial charge on any atom is -0.394 e. The molecule has 3 saturated heterocycles. The molecule has 18 nitrogen and oxygen atoms in total. The Labute approximate surface area is 228 Å². The van der Waals surface area contributed by atoms with Gasteiger partial charge in [-0.25, -0.2) is 0 Å². The summed E-state index contributed by atoms with van der Waals surface area (Å²) in [5.41, 5.74) is 0. The van der Waals surface area contributed by atoms with E-state index in [1.807, 2.05) is 0 Å². The molecule has 0 bridgehead atoms. The first kappa shape index (κ1) is 32.9. The zero-order valence-electron chi connectivity index (χ0n) is 21.7. The molecule has 0 aromatic carbocycles. The number of carbonyl (C=O) groups excluding carboxylic acids is 2. The van der Waals surface area contributed by atoms with E-state index in [2.05, 4.69) is 10.6 Å². The third-order valence-corrected chi connectivity index (χ3v) is 6.90. The lowest BCUT2D eigenvalue weighted by Gasteiger charge is -2.49. The van der Waals surface area contributed by atoms with Crippen molar-refractivity contribution in [2.75, 3.05) is 19.8 Å². The molecule has 2 amide bonds. The number of carbonyl (C=O) groups is 2. The number of amides is 2. The highest BCUT2D eigenvalue weighted by atomic mass is 16.7. The smallest absolute Gasteiger partial charge is 0.217 e. The number of ether oxygens (including phenoxy) is 5. The number of nitrogens with one attached hydrogen (secondary N) is 2. The van der Waals surface area contributed by atoms with Crippen molar-refractivity contribution in [2.24, 2.45) is 0 Å². The van der Waals surface area contributed by atoms with Gasteiger partial charge in [0.25, 0.3) is 0 Å². The Kier molecular flexibility index (Phi) is 11.5. The average molecular weight is 587 g/mol. The second-order valence-electron chi connectivity index (χ2n) is 9.81. The molecular formula is C22H38N2O16. The average Bonchev–Trinajstić information content (AvgIpc) is 2.90. The fourth-order valence-electron chi connectivity index (χ4n) is 4.87. The first-order valence-electron chi connectivity index (χ1n) is 12.6. The zero-order chi connectivity index (χ0) is 29.9. The minimum absolute atomic E-state index is 0.623. The van der Waals surface area contributed by atoms with E-state index >= 15 is 0 Å². The predicted molar refractivity (Wildman–Crippen MR) is 124 cm³/mol. The van der Waals surface area contributed by atoms with Crippen LogP contribution in [0.2, 0.25) is 0 Å². The molecule has 3 aliphatic rings. The number of aliphatic hydroxyl groups is 9. The lowest BCUT2D eigenvalue weighted by molar-refractivity contribution is -0.360. The highest BCUT2D eigenvalue weighted by molar-refractivity contribution is 5.73. The molecule has 3 heterocycles. The van der Waals surface area contributed by atoms with Gasteiger partial charge in [-0.1, -0.05) is 0 Å². The Morgan fingerprint density at radius 3 is 1.57 bits per heavy atom. The summed E-state index contributed by atoms with van der Waals surface area (Å²) in [6, 6.07) is -2.87. The van der Waals surface area contributed by atoms with Gasteiger partial charge in [0.15, 0.2) is 18.9 Å². The van der Waals surface area contributed by atoms with Gasteiger partial charge < -0.3 is 80.3 Å². The Bertz CT molecular complexity index is 852.